The van der Waals surface area contributed by atoms with Gasteiger partial charge in [-0.1, -0.05) is 46.6 Å². The van der Waals surface area contributed by atoms with Gasteiger partial charge in [0.1, 0.15) is 0 Å². The Kier molecular flexibility index (Phi) is 5.97. The zero-order valence-corrected chi connectivity index (χ0v) is 15.5. The molecule has 6 heteroatoms. The molecular weight excluding hydrogens is 375 g/mol. The summed E-state index contributed by atoms with van der Waals surface area (Å²) in [7, 11) is 0. The molecule has 2 aromatic carbocycles. The number of rotatable bonds is 6. The minimum atomic E-state index is -0.0252. The van der Waals surface area contributed by atoms with Crippen molar-refractivity contribution in [1.82, 2.24) is 0 Å². The molecule has 0 radical (unpaired) electrons. The largest absolute Gasteiger partial charge is 0.411 e. The van der Waals surface area contributed by atoms with E-state index in [4.69, 9.17) is 23.2 Å². The van der Waals surface area contributed by atoms with E-state index in [-0.39, 0.29) is 6.04 Å². The first-order valence-electron chi connectivity index (χ1n) is 7.68. The summed E-state index contributed by atoms with van der Waals surface area (Å²) in [6.45, 7) is 0. The molecule has 1 heterocycles. The highest BCUT2D eigenvalue weighted by atomic mass is 35.5. The summed E-state index contributed by atoms with van der Waals surface area (Å²) < 4.78 is 0. The van der Waals surface area contributed by atoms with Crippen molar-refractivity contribution in [3.8, 4) is 0 Å². The fourth-order valence-electron chi connectivity index (χ4n) is 2.51. The molecule has 3 rings (SSSR count). The lowest BCUT2D eigenvalue weighted by molar-refractivity contribution is 0.317. The van der Waals surface area contributed by atoms with Crippen molar-refractivity contribution in [1.29, 1.82) is 0 Å². The van der Waals surface area contributed by atoms with E-state index in [1.807, 2.05) is 47.8 Å². The number of hydrogen-bond donors (Lipinski definition) is 2. The number of anilines is 1. The Morgan fingerprint density at radius 2 is 1.64 bits per heavy atom. The topological polar surface area (TPSA) is 44.6 Å². The molecule has 0 saturated heterocycles. The van der Waals surface area contributed by atoms with E-state index in [2.05, 4.69) is 16.5 Å². The lowest BCUT2D eigenvalue weighted by Crippen LogP contribution is -2.15. The van der Waals surface area contributed by atoms with E-state index in [9.17, 15) is 5.21 Å². The monoisotopic (exact) mass is 390 g/mol. The fraction of sp³-hybridized carbons (Fsp3) is 0.105. The Bertz CT molecular complexity index is 831. The van der Waals surface area contributed by atoms with Gasteiger partial charge in [-0.05, 0) is 53.4 Å². The van der Waals surface area contributed by atoms with Crippen molar-refractivity contribution in [2.45, 2.75) is 12.5 Å². The summed E-state index contributed by atoms with van der Waals surface area (Å²) in [6, 6.07) is 18.9. The highest BCUT2D eigenvalue weighted by Gasteiger charge is 2.17. The standard InChI is InChI=1S/C19H16Cl2N2OS/c20-14-5-3-13(4-6-14)17(23-24)12-18(19-2-1-11-25-19)22-16-9-7-15(21)8-10-16/h1-11,18,22,24H,12H2. The molecule has 1 aromatic heterocycles. The van der Waals surface area contributed by atoms with Gasteiger partial charge in [0.15, 0.2) is 0 Å². The molecule has 1 atom stereocenters. The molecule has 25 heavy (non-hydrogen) atoms. The van der Waals surface area contributed by atoms with E-state index in [1.54, 1.807) is 23.5 Å². The van der Waals surface area contributed by atoms with Crippen molar-refractivity contribution in [2.24, 2.45) is 5.16 Å². The fourth-order valence-corrected chi connectivity index (χ4v) is 3.54. The van der Waals surface area contributed by atoms with Gasteiger partial charge in [0.05, 0.1) is 11.8 Å². The summed E-state index contributed by atoms with van der Waals surface area (Å²) >= 11 is 13.6. The highest BCUT2D eigenvalue weighted by Crippen LogP contribution is 2.29. The molecule has 1 unspecified atom stereocenters. The summed E-state index contributed by atoms with van der Waals surface area (Å²) in [5, 5.41) is 19.9. The van der Waals surface area contributed by atoms with Crippen LogP contribution in [0, 0.1) is 0 Å². The van der Waals surface area contributed by atoms with Crippen LogP contribution in [0.2, 0.25) is 10.0 Å². The van der Waals surface area contributed by atoms with E-state index in [0.29, 0.717) is 22.2 Å². The molecule has 0 aliphatic rings. The Hall–Kier alpha value is -2.01. The van der Waals surface area contributed by atoms with Crippen molar-refractivity contribution >= 4 is 45.9 Å². The summed E-state index contributed by atoms with van der Waals surface area (Å²) in [5.41, 5.74) is 2.39. The molecular formula is C19H16Cl2N2OS. The summed E-state index contributed by atoms with van der Waals surface area (Å²) in [4.78, 5) is 1.16. The van der Waals surface area contributed by atoms with Crippen LogP contribution in [0.25, 0.3) is 0 Å². The molecule has 2 N–H and O–H groups in total. The molecule has 0 aliphatic heterocycles. The predicted octanol–water partition coefficient (Wildman–Crippen LogP) is 6.48. The first-order chi connectivity index (χ1) is 12.2. The van der Waals surface area contributed by atoms with E-state index < -0.39 is 0 Å². The van der Waals surface area contributed by atoms with Gasteiger partial charge in [-0.2, -0.15) is 0 Å². The maximum atomic E-state index is 9.51. The van der Waals surface area contributed by atoms with Crippen molar-refractivity contribution < 1.29 is 5.21 Å². The Morgan fingerprint density at radius 3 is 2.20 bits per heavy atom. The van der Waals surface area contributed by atoms with E-state index in [0.717, 1.165) is 16.1 Å². The molecule has 0 spiro atoms. The van der Waals surface area contributed by atoms with Gasteiger partial charge in [0.25, 0.3) is 0 Å². The number of nitrogens with zero attached hydrogens (tertiary/aromatic N) is 1. The Labute approximate surface area is 160 Å². The number of nitrogens with one attached hydrogen (secondary N) is 1. The number of oxime groups is 1. The predicted molar refractivity (Wildman–Crippen MR) is 107 cm³/mol. The van der Waals surface area contributed by atoms with E-state index >= 15 is 0 Å². The molecule has 0 aliphatic carbocycles. The van der Waals surface area contributed by atoms with Crippen molar-refractivity contribution in [3.63, 3.8) is 0 Å². The maximum absolute atomic E-state index is 9.51. The minimum absolute atomic E-state index is 0.0252. The van der Waals surface area contributed by atoms with Crippen LogP contribution in [0.15, 0.2) is 71.2 Å². The van der Waals surface area contributed by atoms with Gasteiger partial charge >= 0.3 is 0 Å². The van der Waals surface area contributed by atoms with Crippen LogP contribution in [0.1, 0.15) is 22.9 Å². The van der Waals surface area contributed by atoms with Crippen LogP contribution in [0.3, 0.4) is 0 Å². The van der Waals surface area contributed by atoms with Gasteiger partial charge in [-0.25, -0.2) is 0 Å². The maximum Gasteiger partial charge on any atom is 0.0892 e. The Morgan fingerprint density at radius 1 is 1.00 bits per heavy atom. The lowest BCUT2D eigenvalue weighted by Gasteiger charge is -2.19. The molecule has 0 amide bonds. The zero-order chi connectivity index (χ0) is 17.6. The van der Waals surface area contributed by atoms with Crippen LogP contribution in [-0.4, -0.2) is 10.9 Å². The highest BCUT2D eigenvalue weighted by molar-refractivity contribution is 7.10. The van der Waals surface area contributed by atoms with Crippen LogP contribution in [0.5, 0.6) is 0 Å². The third-order valence-electron chi connectivity index (χ3n) is 3.77. The molecule has 3 aromatic rings. The average molecular weight is 391 g/mol. The van der Waals surface area contributed by atoms with Gasteiger partial charge in [0.2, 0.25) is 0 Å². The van der Waals surface area contributed by atoms with Gasteiger partial charge in [0, 0.05) is 27.0 Å². The summed E-state index contributed by atoms with van der Waals surface area (Å²) in [5.74, 6) is 0. The average Bonchev–Trinajstić information content (AvgIpc) is 3.16. The molecule has 3 nitrogen and oxygen atoms in total. The zero-order valence-electron chi connectivity index (χ0n) is 13.2. The number of benzene rings is 2. The van der Waals surface area contributed by atoms with Gasteiger partial charge < -0.3 is 10.5 Å². The van der Waals surface area contributed by atoms with Gasteiger partial charge in [-0.15, -0.1) is 11.3 Å². The summed E-state index contributed by atoms with van der Waals surface area (Å²) in [6.07, 6.45) is 0.529. The third kappa shape index (κ3) is 4.75. The lowest BCUT2D eigenvalue weighted by atomic mass is 10.0. The number of halogens is 2. The number of thiophene rings is 1. The SMILES string of the molecule is ON=C(CC(Nc1ccc(Cl)cc1)c1cccs1)c1ccc(Cl)cc1. The van der Waals surface area contributed by atoms with Crippen molar-refractivity contribution in [2.75, 3.05) is 5.32 Å². The second-order valence-electron chi connectivity index (χ2n) is 5.48. The second kappa shape index (κ2) is 8.39. The Balaban J connectivity index is 1.84. The normalized spacial score (nSPS) is 12.8. The smallest absolute Gasteiger partial charge is 0.0892 e. The van der Waals surface area contributed by atoms with Crippen LogP contribution in [-0.2, 0) is 0 Å². The quantitative estimate of drug-likeness (QED) is 0.287. The van der Waals surface area contributed by atoms with Crippen LogP contribution >= 0.6 is 34.5 Å². The van der Waals surface area contributed by atoms with E-state index in [1.165, 1.54) is 0 Å². The first kappa shape index (κ1) is 17.8. The van der Waals surface area contributed by atoms with Crippen LogP contribution < -0.4 is 5.32 Å². The van der Waals surface area contributed by atoms with Crippen LogP contribution in [0.4, 0.5) is 5.69 Å². The molecule has 128 valence electrons. The first-order valence-corrected chi connectivity index (χ1v) is 9.31. The van der Waals surface area contributed by atoms with Gasteiger partial charge in [-0.3, -0.25) is 0 Å². The molecule has 0 bridgehead atoms. The molecule has 0 fully saturated rings. The molecule has 0 saturated carbocycles. The third-order valence-corrected chi connectivity index (χ3v) is 5.26. The minimum Gasteiger partial charge on any atom is -0.411 e. The second-order valence-corrected chi connectivity index (χ2v) is 7.33. The van der Waals surface area contributed by atoms with Crippen molar-refractivity contribution in [3.05, 3.63) is 86.5 Å². The number of hydrogen-bond acceptors (Lipinski definition) is 4.